The van der Waals surface area contributed by atoms with Crippen molar-refractivity contribution < 1.29 is 9.90 Å². The summed E-state index contributed by atoms with van der Waals surface area (Å²) in [5.41, 5.74) is 1.31. The Balaban J connectivity index is 1.60. The first-order valence-corrected chi connectivity index (χ1v) is 8.50. The first-order chi connectivity index (χ1) is 9.75. The number of aliphatic hydroxyl groups is 1. The predicted octanol–water partition coefficient (Wildman–Crippen LogP) is 2.38. The van der Waals surface area contributed by atoms with Gasteiger partial charge in [-0.15, -0.1) is 0 Å². The molecule has 1 fully saturated rings. The SMILES string of the molecule is O=C(CSCCc1ccccc1)N[C@H]1CCCC[C@@H]1O. The van der Waals surface area contributed by atoms with Gasteiger partial charge in [-0.25, -0.2) is 0 Å². The lowest BCUT2D eigenvalue weighted by Crippen LogP contribution is -2.45. The molecule has 0 radical (unpaired) electrons. The Kier molecular flexibility index (Phi) is 6.40. The predicted molar refractivity (Wildman–Crippen MR) is 83.9 cm³/mol. The molecule has 110 valence electrons. The molecule has 0 aromatic heterocycles. The van der Waals surface area contributed by atoms with Crippen LogP contribution in [0.1, 0.15) is 31.2 Å². The average molecular weight is 293 g/mol. The quantitative estimate of drug-likeness (QED) is 0.792. The van der Waals surface area contributed by atoms with E-state index in [0.29, 0.717) is 5.75 Å². The van der Waals surface area contributed by atoms with Gasteiger partial charge in [0.25, 0.3) is 0 Å². The average Bonchev–Trinajstić information content (AvgIpc) is 2.47. The Morgan fingerprint density at radius 1 is 1.25 bits per heavy atom. The van der Waals surface area contributed by atoms with Crippen molar-refractivity contribution in [1.29, 1.82) is 0 Å². The molecule has 1 aromatic rings. The number of nitrogens with one attached hydrogen (secondary N) is 1. The van der Waals surface area contributed by atoms with Gasteiger partial charge in [0.05, 0.1) is 17.9 Å². The topological polar surface area (TPSA) is 49.3 Å². The Labute approximate surface area is 125 Å². The molecule has 0 bridgehead atoms. The summed E-state index contributed by atoms with van der Waals surface area (Å²) in [7, 11) is 0. The fraction of sp³-hybridized carbons (Fsp3) is 0.562. The third-order valence-corrected chi connectivity index (χ3v) is 4.65. The third-order valence-electron chi connectivity index (χ3n) is 3.69. The van der Waals surface area contributed by atoms with Gasteiger partial charge in [0.1, 0.15) is 0 Å². The lowest BCUT2D eigenvalue weighted by Gasteiger charge is -2.28. The molecule has 1 aromatic carbocycles. The van der Waals surface area contributed by atoms with Crippen LogP contribution in [0.4, 0.5) is 0 Å². The van der Waals surface area contributed by atoms with Crippen LogP contribution in [0.15, 0.2) is 30.3 Å². The Morgan fingerprint density at radius 3 is 2.75 bits per heavy atom. The summed E-state index contributed by atoms with van der Waals surface area (Å²) < 4.78 is 0. The molecule has 20 heavy (non-hydrogen) atoms. The van der Waals surface area contributed by atoms with Crippen molar-refractivity contribution in [1.82, 2.24) is 5.32 Å². The molecular weight excluding hydrogens is 270 g/mol. The zero-order valence-electron chi connectivity index (χ0n) is 11.8. The molecule has 2 N–H and O–H groups in total. The normalized spacial score (nSPS) is 22.4. The monoisotopic (exact) mass is 293 g/mol. The van der Waals surface area contributed by atoms with Crippen LogP contribution in [-0.4, -0.2) is 34.7 Å². The van der Waals surface area contributed by atoms with Crippen LogP contribution >= 0.6 is 11.8 Å². The molecule has 0 unspecified atom stereocenters. The minimum absolute atomic E-state index is 0.0361. The van der Waals surface area contributed by atoms with Crippen molar-refractivity contribution in [2.75, 3.05) is 11.5 Å². The molecule has 4 heteroatoms. The van der Waals surface area contributed by atoms with Gasteiger partial charge in [0.2, 0.25) is 5.91 Å². The van der Waals surface area contributed by atoms with Gasteiger partial charge in [-0.05, 0) is 30.6 Å². The van der Waals surface area contributed by atoms with Crippen LogP contribution in [0, 0.1) is 0 Å². The number of aryl methyl sites for hydroxylation is 1. The summed E-state index contributed by atoms with van der Waals surface area (Å²) in [4.78, 5) is 11.8. The maximum absolute atomic E-state index is 11.8. The highest BCUT2D eigenvalue weighted by atomic mass is 32.2. The van der Waals surface area contributed by atoms with E-state index in [1.807, 2.05) is 18.2 Å². The van der Waals surface area contributed by atoms with Crippen molar-refractivity contribution in [3.63, 3.8) is 0 Å². The van der Waals surface area contributed by atoms with Crippen LogP contribution in [0.2, 0.25) is 0 Å². The first kappa shape index (κ1) is 15.4. The zero-order chi connectivity index (χ0) is 14.2. The second-order valence-electron chi connectivity index (χ2n) is 5.31. The second-order valence-corrected chi connectivity index (χ2v) is 6.42. The van der Waals surface area contributed by atoms with E-state index >= 15 is 0 Å². The molecule has 2 atom stereocenters. The van der Waals surface area contributed by atoms with E-state index in [0.717, 1.165) is 37.9 Å². The third kappa shape index (κ3) is 5.17. The number of carbonyl (C=O) groups excluding carboxylic acids is 1. The fourth-order valence-corrected chi connectivity index (χ4v) is 3.32. The number of amides is 1. The fourth-order valence-electron chi connectivity index (χ4n) is 2.53. The maximum Gasteiger partial charge on any atom is 0.230 e. The highest BCUT2D eigenvalue weighted by Crippen LogP contribution is 2.18. The van der Waals surface area contributed by atoms with Crippen molar-refractivity contribution in [2.45, 2.75) is 44.2 Å². The first-order valence-electron chi connectivity index (χ1n) is 7.35. The maximum atomic E-state index is 11.8. The zero-order valence-corrected chi connectivity index (χ0v) is 12.6. The highest BCUT2D eigenvalue weighted by molar-refractivity contribution is 7.99. The smallest absolute Gasteiger partial charge is 0.230 e. The van der Waals surface area contributed by atoms with E-state index < -0.39 is 0 Å². The van der Waals surface area contributed by atoms with Gasteiger partial charge < -0.3 is 10.4 Å². The molecule has 0 saturated heterocycles. The lowest BCUT2D eigenvalue weighted by molar-refractivity contribution is -0.120. The minimum atomic E-state index is -0.359. The molecule has 1 aliphatic rings. The molecule has 3 nitrogen and oxygen atoms in total. The van der Waals surface area contributed by atoms with E-state index in [4.69, 9.17) is 0 Å². The molecule has 2 rings (SSSR count). The number of rotatable bonds is 6. The largest absolute Gasteiger partial charge is 0.391 e. The van der Waals surface area contributed by atoms with Crippen LogP contribution in [-0.2, 0) is 11.2 Å². The Hall–Kier alpha value is -1.00. The van der Waals surface area contributed by atoms with E-state index in [1.165, 1.54) is 5.56 Å². The van der Waals surface area contributed by atoms with Gasteiger partial charge in [-0.3, -0.25) is 4.79 Å². The molecular formula is C16H23NO2S. The molecule has 0 aliphatic heterocycles. The number of aliphatic hydroxyl groups excluding tert-OH is 1. The van der Waals surface area contributed by atoms with Crippen molar-refractivity contribution in [2.24, 2.45) is 0 Å². The van der Waals surface area contributed by atoms with Crippen molar-refractivity contribution in [3.8, 4) is 0 Å². The van der Waals surface area contributed by atoms with Crippen LogP contribution in [0.3, 0.4) is 0 Å². The van der Waals surface area contributed by atoms with Crippen LogP contribution in [0.5, 0.6) is 0 Å². The minimum Gasteiger partial charge on any atom is -0.391 e. The standard InChI is InChI=1S/C16H23NO2S/c18-15-9-5-4-8-14(15)17-16(19)12-20-11-10-13-6-2-1-3-7-13/h1-3,6-7,14-15,18H,4-5,8-12H2,(H,17,19)/t14-,15-/m0/s1. The number of hydrogen-bond donors (Lipinski definition) is 2. The van der Waals surface area contributed by atoms with E-state index in [2.05, 4.69) is 17.4 Å². The summed E-state index contributed by atoms with van der Waals surface area (Å²) >= 11 is 1.65. The Morgan fingerprint density at radius 2 is 2.00 bits per heavy atom. The van der Waals surface area contributed by atoms with Crippen molar-refractivity contribution in [3.05, 3.63) is 35.9 Å². The van der Waals surface area contributed by atoms with Gasteiger partial charge >= 0.3 is 0 Å². The number of carbonyl (C=O) groups is 1. The van der Waals surface area contributed by atoms with Gasteiger partial charge in [-0.2, -0.15) is 11.8 Å². The van der Waals surface area contributed by atoms with Gasteiger partial charge in [0.15, 0.2) is 0 Å². The van der Waals surface area contributed by atoms with Crippen LogP contribution in [0.25, 0.3) is 0 Å². The van der Waals surface area contributed by atoms with Crippen LogP contribution < -0.4 is 5.32 Å². The summed E-state index contributed by atoms with van der Waals surface area (Å²) in [6.45, 7) is 0. The van der Waals surface area contributed by atoms with E-state index in [9.17, 15) is 9.90 Å². The Bertz CT molecular complexity index is 410. The summed E-state index contributed by atoms with van der Waals surface area (Å²) in [5.74, 6) is 1.48. The number of benzene rings is 1. The van der Waals surface area contributed by atoms with E-state index in [-0.39, 0.29) is 18.1 Å². The van der Waals surface area contributed by atoms with Gasteiger partial charge in [0, 0.05) is 0 Å². The molecule has 0 spiro atoms. The molecule has 1 aliphatic carbocycles. The lowest BCUT2D eigenvalue weighted by atomic mass is 9.93. The summed E-state index contributed by atoms with van der Waals surface area (Å²) in [6, 6.07) is 10.3. The van der Waals surface area contributed by atoms with Gasteiger partial charge in [-0.1, -0.05) is 43.2 Å². The number of thioether (sulfide) groups is 1. The van der Waals surface area contributed by atoms with Crippen molar-refractivity contribution >= 4 is 17.7 Å². The summed E-state index contributed by atoms with van der Waals surface area (Å²) in [6.07, 6.45) is 4.52. The molecule has 1 saturated carbocycles. The highest BCUT2D eigenvalue weighted by Gasteiger charge is 2.24. The molecule has 0 heterocycles. The van der Waals surface area contributed by atoms with E-state index in [1.54, 1.807) is 11.8 Å². The number of hydrogen-bond acceptors (Lipinski definition) is 3. The molecule has 1 amide bonds. The second kappa shape index (κ2) is 8.32. The summed E-state index contributed by atoms with van der Waals surface area (Å²) in [5, 5.41) is 12.8.